The zero-order valence-electron chi connectivity index (χ0n) is 11.5. The van der Waals surface area contributed by atoms with Gasteiger partial charge in [-0.05, 0) is 31.5 Å². The van der Waals surface area contributed by atoms with E-state index in [2.05, 4.69) is 9.88 Å². The molecule has 3 rings (SSSR count). The average Bonchev–Trinajstić information content (AvgIpc) is 2.48. The van der Waals surface area contributed by atoms with Crippen LogP contribution in [0.2, 0.25) is 5.02 Å². The first-order valence-electron chi connectivity index (χ1n) is 7.01. The minimum atomic E-state index is -0.138. The van der Waals surface area contributed by atoms with Crippen LogP contribution in [0.3, 0.4) is 0 Å². The molecule has 1 aliphatic heterocycles. The molecule has 21 heavy (non-hydrogen) atoms. The van der Waals surface area contributed by atoms with Crippen LogP contribution < -0.4 is 5.56 Å². The minimum Gasteiger partial charge on any atom is -0.303 e. The Hall–Kier alpha value is -1.72. The summed E-state index contributed by atoms with van der Waals surface area (Å²) in [5.41, 5.74) is 1.18. The second kappa shape index (κ2) is 5.95. The molecule has 2 aromatic heterocycles. The topological polar surface area (TPSA) is 54.7 Å². The third kappa shape index (κ3) is 3.14. The zero-order chi connectivity index (χ0) is 14.8. The van der Waals surface area contributed by atoms with Gasteiger partial charge in [-0.3, -0.25) is 14.1 Å². The van der Waals surface area contributed by atoms with Crippen LogP contribution in [0.25, 0.3) is 5.65 Å². The standard InChI is InChI=1S/C15H16ClN3O2/c16-12-3-4-14-17-13(6-15(21)19(14)8-12)9-18-5-1-2-11(7-18)10-20/h3-4,6,8,10-11H,1-2,5,7,9H2. The molecule has 0 aromatic carbocycles. The zero-order valence-corrected chi connectivity index (χ0v) is 12.3. The highest BCUT2D eigenvalue weighted by Crippen LogP contribution is 2.16. The lowest BCUT2D eigenvalue weighted by molar-refractivity contribution is -0.112. The maximum absolute atomic E-state index is 12.1. The van der Waals surface area contributed by atoms with Gasteiger partial charge >= 0.3 is 0 Å². The van der Waals surface area contributed by atoms with Crippen molar-refractivity contribution in [3.05, 3.63) is 45.5 Å². The van der Waals surface area contributed by atoms with E-state index < -0.39 is 0 Å². The van der Waals surface area contributed by atoms with Crippen molar-refractivity contribution < 1.29 is 4.79 Å². The summed E-state index contributed by atoms with van der Waals surface area (Å²) in [5, 5.41) is 0.504. The van der Waals surface area contributed by atoms with E-state index in [1.807, 2.05) is 0 Å². The molecule has 1 fully saturated rings. The van der Waals surface area contributed by atoms with Gasteiger partial charge < -0.3 is 4.79 Å². The van der Waals surface area contributed by atoms with Gasteiger partial charge in [-0.15, -0.1) is 0 Å². The van der Waals surface area contributed by atoms with Crippen molar-refractivity contribution >= 4 is 23.5 Å². The van der Waals surface area contributed by atoms with Crippen LogP contribution >= 0.6 is 11.6 Å². The Labute approximate surface area is 127 Å². The maximum Gasteiger partial charge on any atom is 0.258 e. The van der Waals surface area contributed by atoms with E-state index >= 15 is 0 Å². The molecule has 1 saturated heterocycles. The van der Waals surface area contributed by atoms with E-state index in [0.717, 1.165) is 37.9 Å². The quantitative estimate of drug-likeness (QED) is 0.811. The third-order valence-corrected chi connectivity index (χ3v) is 4.02. The molecule has 1 aliphatic rings. The second-order valence-corrected chi connectivity index (χ2v) is 5.87. The average molecular weight is 306 g/mol. The number of fused-ring (bicyclic) bond motifs is 1. The first-order chi connectivity index (χ1) is 10.2. The van der Waals surface area contributed by atoms with Crippen molar-refractivity contribution in [2.75, 3.05) is 13.1 Å². The van der Waals surface area contributed by atoms with E-state index in [9.17, 15) is 9.59 Å². The first kappa shape index (κ1) is 14.2. The lowest BCUT2D eigenvalue weighted by Gasteiger charge is -2.29. The van der Waals surface area contributed by atoms with Crippen molar-refractivity contribution in [2.45, 2.75) is 19.4 Å². The van der Waals surface area contributed by atoms with Crippen molar-refractivity contribution in [2.24, 2.45) is 5.92 Å². The Balaban J connectivity index is 1.86. The third-order valence-electron chi connectivity index (χ3n) is 3.80. The van der Waals surface area contributed by atoms with Crippen LogP contribution in [0, 0.1) is 5.92 Å². The van der Waals surface area contributed by atoms with E-state index in [1.165, 1.54) is 10.5 Å². The van der Waals surface area contributed by atoms with Gasteiger partial charge in [-0.2, -0.15) is 0 Å². The predicted molar refractivity (Wildman–Crippen MR) is 80.5 cm³/mol. The SMILES string of the molecule is O=CC1CCCN(Cc2cc(=O)n3cc(Cl)ccc3n2)C1. The number of aromatic nitrogens is 2. The fraction of sp³-hybridized carbons (Fsp3) is 0.400. The summed E-state index contributed by atoms with van der Waals surface area (Å²) in [7, 11) is 0. The molecule has 0 bridgehead atoms. The molecule has 0 spiro atoms. The van der Waals surface area contributed by atoms with Gasteiger partial charge in [0.2, 0.25) is 0 Å². The molecule has 6 heteroatoms. The number of rotatable bonds is 3. The molecule has 3 heterocycles. The Morgan fingerprint density at radius 1 is 1.43 bits per heavy atom. The van der Waals surface area contributed by atoms with E-state index in [0.29, 0.717) is 17.2 Å². The van der Waals surface area contributed by atoms with Gasteiger partial charge in [-0.1, -0.05) is 11.6 Å². The largest absolute Gasteiger partial charge is 0.303 e. The molecule has 110 valence electrons. The highest BCUT2D eigenvalue weighted by Gasteiger charge is 2.19. The van der Waals surface area contributed by atoms with Gasteiger partial charge in [-0.25, -0.2) is 4.98 Å². The molecule has 0 saturated carbocycles. The summed E-state index contributed by atoms with van der Waals surface area (Å²) >= 11 is 5.89. The summed E-state index contributed by atoms with van der Waals surface area (Å²) in [5.74, 6) is 0.0964. The predicted octanol–water partition coefficient (Wildman–Crippen LogP) is 1.76. The number of nitrogens with zero attached hydrogens (tertiary/aromatic N) is 3. The molecule has 2 aromatic rings. The molecular weight excluding hydrogens is 290 g/mol. The highest BCUT2D eigenvalue weighted by atomic mass is 35.5. The van der Waals surface area contributed by atoms with Crippen LogP contribution in [0.4, 0.5) is 0 Å². The molecule has 0 N–H and O–H groups in total. The van der Waals surface area contributed by atoms with Crippen LogP contribution in [-0.2, 0) is 11.3 Å². The number of piperidine rings is 1. The van der Waals surface area contributed by atoms with Crippen LogP contribution in [-0.4, -0.2) is 33.7 Å². The number of carbonyl (C=O) groups excluding carboxylic acids is 1. The fourth-order valence-corrected chi connectivity index (χ4v) is 2.94. The van der Waals surface area contributed by atoms with E-state index in [4.69, 9.17) is 11.6 Å². The number of pyridine rings is 1. The normalized spacial score (nSPS) is 19.8. The van der Waals surface area contributed by atoms with Crippen LogP contribution in [0.1, 0.15) is 18.5 Å². The van der Waals surface area contributed by atoms with Crippen molar-refractivity contribution in [3.8, 4) is 0 Å². The number of carbonyl (C=O) groups is 1. The fourth-order valence-electron chi connectivity index (χ4n) is 2.78. The summed E-state index contributed by atoms with van der Waals surface area (Å²) in [6.45, 7) is 2.27. The lowest BCUT2D eigenvalue weighted by atomic mass is 10.00. The lowest BCUT2D eigenvalue weighted by Crippen LogP contribution is -2.36. The van der Waals surface area contributed by atoms with Gasteiger partial charge in [0.25, 0.3) is 5.56 Å². The summed E-state index contributed by atoms with van der Waals surface area (Å²) in [6.07, 6.45) is 4.55. The van der Waals surface area contributed by atoms with Gasteiger partial charge in [0.1, 0.15) is 11.9 Å². The maximum atomic E-state index is 12.1. The molecule has 5 nitrogen and oxygen atoms in total. The number of hydrogen-bond acceptors (Lipinski definition) is 4. The number of hydrogen-bond donors (Lipinski definition) is 0. The second-order valence-electron chi connectivity index (χ2n) is 5.43. The molecule has 0 amide bonds. The highest BCUT2D eigenvalue weighted by molar-refractivity contribution is 6.30. The Kier molecular flexibility index (Phi) is 4.03. The number of aldehydes is 1. The first-order valence-corrected chi connectivity index (χ1v) is 7.39. The Morgan fingerprint density at radius 3 is 3.10 bits per heavy atom. The van der Waals surface area contributed by atoms with Crippen molar-refractivity contribution in [3.63, 3.8) is 0 Å². The molecule has 1 atom stereocenters. The van der Waals surface area contributed by atoms with Gasteiger partial charge in [0, 0.05) is 31.3 Å². The van der Waals surface area contributed by atoms with E-state index in [-0.39, 0.29) is 11.5 Å². The minimum absolute atomic E-state index is 0.0964. The Bertz CT molecular complexity index is 728. The number of halogens is 1. The summed E-state index contributed by atoms with van der Waals surface area (Å²) in [4.78, 5) is 29.7. The van der Waals surface area contributed by atoms with Crippen LogP contribution in [0.5, 0.6) is 0 Å². The van der Waals surface area contributed by atoms with Crippen molar-refractivity contribution in [1.82, 2.24) is 14.3 Å². The monoisotopic (exact) mass is 305 g/mol. The van der Waals surface area contributed by atoms with Gasteiger partial charge in [0.05, 0.1) is 10.7 Å². The molecular formula is C15H16ClN3O2. The van der Waals surface area contributed by atoms with Gasteiger partial charge in [0.15, 0.2) is 0 Å². The summed E-state index contributed by atoms with van der Waals surface area (Å²) < 4.78 is 1.44. The smallest absolute Gasteiger partial charge is 0.258 e. The molecule has 0 aliphatic carbocycles. The molecule has 0 radical (unpaired) electrons. The Morgan fingerprint density at radius 2 is 2.29 bits per heavy atom. The van der Waals surface area contributed by atoms with Crippen LogP contribution in [0.15, 0.2) is 29.2 Å². The number of likely N-dealkylation sites (tertiary alicyclic amines) is 1. The van der Waals surface area contributed by atoms with E-state index in [1.54, 1.807) is 18.3 Å². The van der Waals surface area contributed by atoms with Crippen molar-refractivity contribution in [1.29, 1.82) is 0 Å². The summed E-state index contributed by atoms with van der Waals surface area (Å²) in [6, 6.07) is 4.99. The molecule has 1 unspecified atom stereocenters.